The molecule has 6 nitrogen and oxygen atoms in total. The summed E-state index contributed by atoms with van der Waals surface area (Å²) in [6.45, 7) is 1.15. The molecule has 1 amide bonds. The average molecular weight is 343 g/mol. The number of hydrogen-bond donors (Lipinski definition) is 1. The standard InChI is InChI=1S/C13H15BrN2O4/c14-12-5-4-9(16(18)19)7-11(12)13(17)15-8-10-3-1-2-6-20-10/h4-5,7,10H,1-3,6,8H2,(H,15,17). The molecule has 0 aromatic heterocycles. The van der Waals surface area contributed by atoms with Crippen LogP contribution < -0.4 is 5.32 Å². The van der Waals surface area contributed by atoms with E-state index in [9.17, 15) is 14.9 Å². The number of nitrogens with one attached hydrogen (secondary N) is 1. The minimum atomic E-state index is -0.520. The SMILES string of the molecule is O=C(NCC1CCCCO1)c1cc([N+](=O)[O-])ccc1Br. The van der Waals surface area contributed by atoms with Gasteiger partial charge in [0.2, 0.25) is 0 Å². The van der Waals surface area contributed by atoms with E-state index < -0.39 is 4.92 Å². The highest BCUT2D eigenvalue weighted by Gasteiger charge is 2.18. The molecule has 0 saturated carbocycles. The Balaban J connectivity index is 2.00. The third kappa shape index (κ3) is 3.77. The van der Waals surface area contributed by atoms with Gasteiger partial charge in [0.25, 0.3) is 11.6 Å². The van der Waals surface area contributed by atoms with Crippen molar-refractivity contribution < 1.29 is 14.5 Å². The van der Waals surface area contributed by atoms with Crippen LogP contribution in [0.4, 0.5) is 5.69 Å². The van der Waals surface area contributed by atoms with Gasteiger partial charge in [0.05, 0.1) is 16.6 Å². The summed E-state index contributed by atoms with van der Waals surface area (Å²) in [5.74, 6) is -0.338. The van der Waals surface area contributed by atoms with Crippen molar-refractivity contribution in [1.29, 1.82) is 0 Å². The van der Waals surface area contributed by atoms with E-state index in [1.54, 1.807) is 0 Å². The van der Waals surface area contributed by atoms with Crippen LogP contribution in [-0.4, -0.2) is 30.1 Å². The number of ether oxygens (including phenoxy) is 1. The monoisotopic (exact) mass is 342 g/mol. The average Bonchev–Trinajstić information content (AvgIpc) is 2.46. The first-order chi connectivity index (χ1) is 9.58. The third-order valence-corrected chi connectivity index (χ3v) is 3.86. The fourth-order valence-corrected chi connectivity index (χ4v) is 2.50. The molecule has 1 aromatic rings. The molecule has 1 heterocycles. The van der Waals surface area contributed by atoms with Gasteiger partial charge in [-0.25, -0.2) is 0 Å². The predicted octanol–water partition coefficient (Wildman–Crippen LogP) is 2.66. The van der Waals surface area contributed by atoms with E-state index in [2.05, 4.69) is 21.2 Å². The highest BCUT2D eigenvalue weighted by molar-refractivity contribution is 9.10. The molecule has 1 unspecified atom stereocenters. The summed E-state index contributed by atoms with van der Waals surface area (Å²) in [5.41, 5.74) is 0.155. The van der Waals surface area contributed by atoms with Crippen molar-refractivity contribution in [3.8, 4) is 0 Å². The predicted molar refractivity (Wildman–Crippen MR) is 76.7 cm³/mol. The summed E-state index contributed by atoms with van der Waals surface area (Å²) >= 11 is 3.23. The maximum Gasteiger partial charge on any atom is 0.270 e. The molecule has 1 atom stereocenters. The Hall–Kier alpha value is -1.47. The Morgan fingerprint density at radius 1 is 1.50 bits per heavy atom. The Labute approximate surface area is 124 Å². The number of carbonyl (C=O) groups is 1. The van der Waals surface area contributed by atoms with Crippen LogP contribution in [0.3, 0.4) is 0 Å². The van der Waals surface area contributed by atoms with Gasteiger partial charge in [0, 0.05) is 29.8 Å². The number of nitro benzene ring substituents is 1. The van der Waals surface area contributed by atoms with Gasteiger partial charge in [-0.1, -0.05) is 0 Å². The van der Waals surface area contributed by atoms with Gasteiger partial charge >= 0.3 is 0 Å². The number of nitro groups is 1. The van der Waals surface area contributed by atoms with Crippen LogP contribution in [0, 0.1) is 10.1 Å². The van der Waals surface area contributed by atoms with Gasteiger partial charge < -0.3 is 10.1 Å². The highest BCUT2D eigenvalue weighted by atomic mass is 79.9. The minimum absolute atomic E-state index is 0.0326. The fraction of sp³-hybridized carbons (Fsp3) is 0.462. The van der Waals surface area contributed by atoms with Crippen LogP contribution in [0.1, 0.15) is 29.6 Å². The van der Waals surface area contributed by atoms with Crippen LogP contribution in [0.25, 0.3) is 0 Å². The molecular formula is C13H15BrN2O4. The summed E-state index contributed by atoms with van der Waals surface area (Å²) in [5, 5.41) is 13.5. The molecular weight excluding hydrogens is 328 g/mol. The molecule has 1 aromatic carbocycles. The van der Waals surface area contributed by atoms with E-state index in [1.165, 1.54) is 18.2 Å². The number of nitrogens with zero attached hydrogens (tertiary/aromatic N) is 1. The van der Waals surface area contributed by atoms with E-state index in [0.717, 1.165) is 25.9 Å². The Bertz CT molecular complexity index is 515. The second kappa shape index (κ2) is 6.81. The molecule has 1 fully saturated rings. The first-order valence-corrected chi connectivity index (χ1v) is 7.21. The van der Waals surface area contributed by atoms with Crippen molar-refractivity contribution in [2.45, 2.75) is 25.4 Å². The zero-order chi connectivity index (χ0) is 14.5. The van der Waals surface area contributed by atoms with Gasteiger partial charge in [0.15, 0.2) is 0 Å². The molecule has 108 valence electrons. The minimum Gasteiger partial charge on any atom is -0.376 e. The van der Waals surface area contributed by atoms with E-state index in [4.69, 9.17) is 4.74 Å². The van der Waals surface area contributed by atoms with Gasteiger partial charge in [-0.2, -0.15) is 0 Å². The Morgan fingerprint density at radius 2 is 2.30 bits per heavy atom. The molecule has 0 spiro atoms. The van der Waals surface area contributed by atoms with Crippen molar-refractivity contribution in [2.75, 3.05) is 13.2 Å². The summed E-state index contributed by atoms with van der Waals surface area (Å²) in [4.78, 5) is 22.3. The fourth-order valence-electron chi connectivity index (χ4n) is 2.07. The maximum atomic E-state index is 12.1. The van der Waals surface area contributed by atoms with E-state index in [1.807, 2.05) is 0 Å². The van der Waals surface area contributed by atoms with Crippen molar-refractivity contribution >= 4 is 27.5 Å². The quantitative estimate of drug-likeness (QED) is 0.673. The lowest BCUT2D eigenvalue weighted by molar-refractivity contribution is -0.384. The van der Waals surface area contributed by atoms with Gasteiger partial charge in [-0.05, 0) is 41.3 Å². The zero-order valence-electron chi connectivity index (χ0n) is 10.8. The maximum absolute atomic E-state index is 12.1. The molecule has 1 aliphatic heterocycles. The van der Waals surface area contributed by atoms with E-state index >= 15 is 0 Å². The van der Waals surface area contributed by atoms with Crippen molar-refractivity contribution in [1.82, 2.24) is 5.32 Å². The van der Waals surface area contributed by atoms with Crippen LogP contribution in [0.15, 0.2) is 22.7 Å². The summed E-state index contributed by atoms with van der Waals surface area (Å²) in [6, 6.07) is 4.12. The van der Waals surface area contributed by atoms with Crippen LogP contribution >= 0.6 is 15.9 Å². The lowest BCUT2D eigenvalue weighted by atomic mass is 10.1. The van der Waals surface area contributed by atoms with Gasteiger partial charge in [0.1, 0.15) is 0 Å². The summed E-state index contributed by atoms with van der Waals surface area (Å²) in [6.07, 6.45) is 3.11. The molecule has 0 bridgehead atoms. The van der Waals surface area contributed by atoms with Crippen LogP contribution in [0.2, 0.25) is 0 Å². The normalized spacial score (nSPS) is 18.6. The van der Waals surface area contributed by atoms with Gasteiger partial charge in [-0.3, -0.25) is 14.9 Å². The summed E-state index contributed by atoms with van der Waals surface area (Å²) < 4.78 is 6.05. The number of halogens is 1. The number of non-ortho nitro benzene ring substituents is 1. The number of carbonyl (C=O) groups excluding carboxylic acids is 1. The molecule has 0 radical (unpaired) electrons. The number of benzene rings is 1. The lowest BCUT2D eigenvalue weighted by Crippen LogP contribution is -2.35. The largest absolute Gasteiger partial charge is 0.376 e. The zero-order valence-corrected chi connectivity index (χ0v) is 12.4. The first-order valence-electron chi connectivity index (χ1n) is 6.41. The molecule has 1 saturated heterocycles. The number of hydrogen-bond acceptors (Lipinski definition) is 4. The second-order valence-corrected chi connectivity index (χ2v) is 5.47. The molecule has 20 heavy (non-hydrogen) atoms. The van der Waals surface area contributed by atoms with Crippen molar-refractivity contribution in [3.63, 3.8) is 0 Å². The molecule has 2 rings (SSSR count). The second-order valence-electron chi connectivity index (χ2n) is 4.62. The summed E-state index contributed by atoms with van der Waals surface area (Å²) in [7, 11) is 0. The topological polar surface area (TPSA) is 81.5 Å². The highest BCUT2D eigenvalue weighted by Crippen LogP contribution is 2.22. The van der Waals surface area contributed by atoms with Crippen molar-refractivity contribution in [3.05, 3.63) is 38.3 Å². The van der Waals surface area contributed by atoms with E-state index in [-0.39, 0.29) is 23.3 Å². The Morgan fingerprint density at radius 3 is 2.95 bits per heavy atom. The van der Waals surface area contributed by atoms with Crippen LogP contribution in [0.5, 0.6) is 0 Å². The smallest absolute Gasteiger partial charge is 0.270 e. The molecule has 0 aliphatic carbocycles. The third-order valence-electron chi connectivity index (χ3n) is 3.17. The van der Waals surface area contributed by atoms with E-state index in [0.29, 0.717) is 11.0 Å². The molecule has 1 N–H and O–H groups in total. The number of amides is 1. The first kappa shape index (κ1) is 14.9. The lowest BCUT2D eigenvalue weighted by Gasteiger charge is -2.22. The number of rotatable bonds is 4. The van der Waals surface area contributed by atoms with Gasteiger partial charge in [-0.15, -0.1) is 0 Å². The van der Waals surface area contributed by atoms with Crippen LogP contribution in [-0.2, 0) is 4.74 Å². The molecule has 7 heteroatoms. The molecule has 1 aliphatic rings. The Kier molecular flexibility index (Phi) is 5.08. The van der Waals surface area contributed by atoms with Crippen molar-refractivity contribution in [2.24, 2.45) is 0 Å².